The molecule has 2 aromatic carbocycles. The second kappa shape index (κ2) is 8.20. The molecule has 0 aliphatic carbocycles. The summed E-state index contributed by atoms with van der Waals surface area (Å²) in [6, 6.07) is 12.9. The van der Waals surface area contributed by atoms with Crippen molar-refractivity contribution in [2.45, 2.75) is 47.5 Å². The summed E-state index contributed by atoms with van der Waals surface area (Å²) in [5, 5.41) is 0. The number of benzene rings is 2. The molecule has 0 saturated carbocycles. The van der Waals surface area contributed by atoms with Crippen LogP contribution in [-0.2, 0) is 6.42 Å². The minimum Gasteiger partial charge on any atom is -0.497 e. The first-order valence-electron chi connectivity index (χ1n) is 8.86. The van der Waals surface area contributed by atoms with Crippen molar-refractivity contribution in [2.75, 3.05) is 7.11 Å². The summed E-state index contributed by atoms with van der Waals surface area (Å²) in [6.45, 7) is 15.2. The summed E-state index contributed by atoms with van der Waals surface area (Å²) in [4.78, 5) is 0. The highest BCUT2D eigenvalue weighted by Crippen LogP contribution is 2.31. The average molecular weight is 335 g/mol. The van der Waals surface area contributed by atoms with E-state index in [2.05, 4.69) is 65.5 Å². The SMILES string of the molecule is C=C(CC(C)=C(C)C)Cc1cc(C)c(C)cc1-c1ccc(OC)cc1. The monoisotopic (exact) mass is 334 g/mol. The molecule has 0 bridgehead atoms. The number of hydrogen-bond acceptors (Lipinski definition) is 1. The largest absolute Gasteiger partial charge is 0.497 e. The molecule has 0 aromatic heterocycles. The number of hydrogen-bond donors (Lipinski definition) is 0. The summed E-state index contributed by atoms with van der Waals surface area (Å²) in [6.07, 6.45) is 1.88. The van der Waals surface area contributed by atoms with Crippen molar-refractivity contribution in [2.24, 2.45) is 0 Å². The standard InChI is InChI=1S/C24H30O/c1-16(2)18(4)12-17(3)13-22-14-19(5)20(6)15-24(22)21-8-10-23(25-7)11-9-21/h8-11,14-15H,3,12-13H2,1-2,4-7H3. The summed E-state index contributed by atoms with van der Waals surface area (Å²) in [7, 11) is 1.70. The van der Waals surface area contributed by atoms with Gasteiger partial charge in [0, 0.05) is 0 Å². The molecule has 1 heteroatoms. The van der Waals surface area contributed by atoms with Gasteiger partial charge in [0.15, 0.2) is 0 Å². The molecule has 0 atom stereocenters. The van der Waals surface area contributed by atoms with Gasteiger partial charge in [0.2, 0.25) is 0 Å². The van der Waals surface area contributed by atoms with Gasteiger partial charge in [0.1, 0.15) is 5.75 Å². The Morgan fingerprint density at radius 1 is 0.960 bits per heavy atom. The van der Waals surface area contributed by atoms with Crippen molar-refractivity contribution in [3.8, 4) is 16.9 Å². The van der Waals surface area contributed by atoms with E-state index in [0.29, 0.717) is 0 Å². The fraction of sp³-hybridized carbons (Fsp3) is 0.333. The lowest BCUT2D eigenvalue weighted by molar-refractivity contribution is 0.415. The van der Waals surface area contributed by atoms with E-state index in [1.807, 2.05) is 12.1 Å². The molecule has 0 heterocycles. The van der Waals surface area contributed by atoms with E-state index in [-0.39, 0.29) is 0 Å². The Morgan fingerprint density at radius 3 is 2.12 bits per heavy atom. The van der Waals surface area contributed by atoms with Crippen LogP contribution in [0.5, 0.6) is 5.75 Å². The van der Waals surface area contributed by atoms with E-state index in [1.165, 1.54) is 44.5 Å². The zero-order valence-electron chi connectivity index (χ0n) is 16.5. The van der Waals surface area contributed by atoms with Crippen LogP contribution in [0, 0.1) is 13.8 Å². The summed E-state index contributed by atoms with van der Waals surface area (Å²) < 4.78 is 5.29. The van der Waals surface area contributed by atoms with Crippen LogP contribution in [0.1, 0.15) is 43.9 Å². The van der Waals surface area contributed by atoms with Crippen molar-refractivity contribution < 1.29 is 4.74 Å². The maximum Gasteiger partial charge on any atom is 0.118 e. The zero-order chi connectivity index (χ0) is 18.6. The normalized spacial score (nSPS) is 10.5. The van der Waals surface area contributed by atoms with Crippen molar-refractivity contribution in [3.63, 3.8) is 0 Å². The summed E-state index contributed by atoms with van der Waals surface area (Å²) in [5.74, 6) is 0.887. The third kappa shape index (κ3) is 4.85. The van der Waals surface area contributed by atoms with Gasteiger partial charge < -0.3 is 4.74 Å². The number of aryl methyl sites for hydroxylation is 2. The molecule has 0 saturated heterocycles. The predicted molar refractivity (Wildman–Crippen MR) is 109 cm³/mol. The summed E-state index contributed by atoms with van der Waals surface area (Å²) >= 11 is 0. The molecule has 2 rings (SSSR count). The lowest BCUT2D eigenvalue weighted by atomic mass is 9.89. The molecule has 0 unspecified atom stereocenters. The Bertz CT molecular complexity index is 788. The molecule has 0 aliphatic heterocycles. The molecule has 25 heavy (non-hydrogen) atoms. The molecule has 0 aliphatic rings. The maximum atomic E-state index is 5.29. The van der Waals surface area contributed by atoms with Crippen molar-refractivity contribution in [1.82, 2.24) is 0 Å². The topological polar surface area (TPSA) is 9.23 Å². The highest BCUT2D eigenvalue weighted by atomic mass is 16.5. The van der Waals surface area contributed by atoms with Gasteiger partial charge in [0.25, 0.3) is 0 Å². The van der Waals surface area contributed by atoms with Crippen LogP contribution in [0.4, 0.5) is 0 Å². The molecule has 132 valence electrons. The van der Waals surface area contributed by atoms with Crippen LogP contribution >= 0.6 is 0 Å². The van der Waals surface area contributed by atoms with Crippen LogP contribution in [-0.4, -0.2) is 7.11 Å². The third-order valence-corrected chi connectivity index (χ3v) is 4.93. The zero-order valence-corrected chi connectivity index (χ0v) is 16.5. The first-order chi connectivity index (χ1) is 11.8. The van der Waals surface area contributed by atoms with Crippen molar-refractivity contribution >= 4 is 0 Å². The smallest absolute Gasteiger partial charge is 0.118 e. The molecule has 2 aromatic rings. The Kier molecular flexibility index (Phi) is 6.25. The van der Waals surface area contributed by atoms with E-state index >= 15 is 0 Å². The fourth-order valence-electron chi connectivity index (χ4n) is 2.95. The minimum absolute atomic E-state index is 0.887. The minimum atomic E-state index is 0.887. The van der Waals surface area contributed by atoms with Gasteiger partial charge >= 0.3 is 0 Å². The number of ether oxygens (including phenoxy) is 1. The average Bonchev–Trinajstić information content (AvgIpc) is 2.57. The van der Waals surface area contributed by atoms with E-state index in [1.54, 1.807) is 7.11 Å². The van der Waals surface area contributed by atoms with Crippen LogP contribution < -0.4 is 4.74 Å². The van der Waals surface area contributed by atoms with Crippen LogP contribution in [0.15, 0.2) is 59.7 Å². The van der Waals surface area contributed by atoms with Crippen molar-refractivity contribution in [1.29, 1.82) is 0 Å². The van der Waals surface area contributed by atoms with Crippen molar-refractivity contribution in [3.05, 3.63) is 76.4 Å². The van der Waals surface area contributed by atoms with Gasteiger partial charge in [-0.25, -0.2) is 0 Å². The predicted octanol–water partition coefficient (Wildman–Crippen LogP) is 6.82. The number of methoxy groups -OCH3 is 1. The van der Waals surface area contributed by atoms with Crippen LogP contribution in [0.2, 0.25) is 0 Å². The lowest BCUT2D eigenvalue weighted by Crippen LogP contribution is -1.97. The van der Waals surface area contributed by atoms with Gasteiger partial charge in [-0.05, 0) is 87.4 Å². The molecule has 0 amide bonds. The van der Waals surface area contributed by atoms with E-state index in [4.69, 9.17) is 4.74 Å². The van der Waals surface area contributed by atoms with Gasteiger partial charge in [-0.2, -0.15) is 0 Å². The summed E-state index contributed by atoms with van der Waals surface area (Å²) in [5.41, 5.74) is 10.6. The number of rotatable bonds is 6. The van der Waals surface area contributed by atoms with Gasteiger partial charge in [0.05, 0.1) is 7.11 Å². The quantitative estimate of drug-likeness (QED) is 0.526. The Hall–Kier alpha value is -2.28. The van der Waals surface area contributed by atoms with Gasteiger partial charge in [-0.3, -0.25) is 0 Å². The molecule has 0 radical (unpaired) electrons. The Balaban J connectivity index is 2.38. The molecule has 0 fully saturated rings. The molecule has 0 N–H and O–H groups in total. The van der Waals surface area contributed by atoms with E-state index in [0.717, 1.165) is 18.6 Å². The maximum absolute atomic E-state index is 5.29. The Labute approximate surface area is 153 Å². The highest BCUT2D eigenvalue weighted by molar-refractivity contribution is 5.70. The van der Waals surface area contributed by atoms with Gasteiger partial charge in [-0.1, -0.05) is 47.6 Å². The fourth-order valence-corrected chi connectivity index (χ4v) is 2.95. The van der Waals surface area contributed by atoms with Crippen LogP contribution in [0.3, 0.4) is 0 Å². The molecule has 0 spiro atoms. The lowest BCUT2D eigenvalue weighted by Gasteiger charge is -2.16. The van der Waals surface area contributed by atoms with Crippen LogP contribution in [0.25, 0.3) is 11.1 Å². The first-order valence-corrected chi connectivity index (χ1v) is 8.86. The van der Waals surface area contributed by atoms with E-state index < -0.39 is 0 Å². The second-order valence-corrected chi connectivity index (χ2v) is 7.21. The molecular formula is C24H30O. The second-order valence-electron chi connectivity index (χ2n) is 7.21. The molecule has 1 nitrogen and oxygen atoms in total. The van der Waals surface area contributed by atoms with E-state index in [9.17, 15) is 0 Å². The number of allylic oxidation sites excluding steroid dienone is 3. The highest BCUT2D eigenvalue weighted by Gasteiger charge is 2.10. The Morgan fingerprint density at radius 2 is 1.56 bits per heavy atom. The first kappa shape index (κ1) is 19.1. The van der Waals surface area contributed by atoms with Gasteiger partial charge in [-0.15, -0.1) is 0 Å². The molecular weight excluding hydrogens is 304 g/mol. The third-order valence-electron chi connectivity index (χ3n) is 4.93.